The Morgan fingerprint density at radius 1 is 0.882 bits per heavy atom. The summed E-state index contributed by atoms with van der Waals surface area (Å²) < 4.78 is 23.4. The van der Waals surface area contributed by atoms with Crippen molar-refractivity contribution in [1.82, 2.24) is 4.98 Å². The van der Waals surface area contributed by atoms with Gasteiger partial charge in [-0.2, -0.15) is 0 Å². The zero-order valence-corrected chi connectivity index (χ0v) is 21.7. The molecular weight excluding hydrogens is 458 g/mol. The zero-order chi connectivity index (χ0) is 25.3. The van der Waals surface area contributed by atoms with E-state index in [0.29, 0.717) is 11.5 Å². The van der Waals surface area contributed by atoms with Crippen LogP contribution in [0.3, 0.4) is 0 Å². The average molecular weight is 496 g/mol. The maximum Gasteiger partial charge on any atom is 0.306 e. The van der Waals surface area contributed by atoms with Crippen molar-refractivity contribution >= 4 is 29.7 Å². The quantitative estimate of drug-likeness (QED) is 0.326. The van der Waals surface area contributed by atoms with Crippen molar-refractivity contribution in [2.24, 2.45) is 17.8 Å². The summed E-state index contributed by atoms with van der Waals surface area (Å²) in [6.07, 6.45) is 1.10. The lowest BCUT2D eigenvalue weighted by Gasteiger charge is -2.40. The minimum atomic E-state index is -0.985. The van der Waals surface area contributed by atoms with Gasteiger partial charge in [0.15, 0.2) is 23.7 Å². The van der Waals surface area contributed by atoms with Crippen molar-refractivity contribution in [3.63, 3.8) is 0 Å². The molecule has 0 radical (unpaired) electrons. The highest BCUT2D eigenvalue weighted by atomic mass is 32.2. The molecule has 9 heteroatoms. The average Bonchev–Trinajstić information content (AvgIpc) is 2.71. The highest BCUT2D eigenvalue weighted by molar-refractivity contribution is 7.99. The van der Waals surface area contributed by atoms with Crippen molar-refractivity contribution in [3.05, 3.63) is 24.5 Å². The molecule has 1 aliphatic rings. The third-order valence-corrected chi connectivity index (χ3v) is 6.03. The van der Waals surface area contributed by atoms with Gasteiger partial charge >= 0.3 is 17.9 Å². The first-order valence-corrected chi connectivity index (χ1v) is 12.9. The number of nitrogens with zero attached hydrogens (tertiary/aromatic N) is 1. The van der Waals surface area contributed by atoms with Crippen LogP contribution in [-0.2, 0) is 28.6 Å². The van der Waals surface area contributed by atoms with Crippen LogP contribution in [-0.4, -0.2) is 52.4 Å². The SMILES string of the molecule is CC(C)CC(=O)O[C@@H]1[C@@H](OC(=O)CC(C)C)[C@H](OC(=O)CC(C)C)CS[C@H]1Oc1cccnc1. The van der Waals surface area contributed by atoms with E-state index in [2.05, 4.69) is 4.98 Å². The van der Waals surface area contributed by atoms with E-state index in [9.17, 15) is 14.4 Å². The monoisotopic (exact) mass is 495 g/mol. The second kappa shape index (κ2) is 13.6. The second-order valence-electron chi connectivity index (χ2n) is 9.74. The number of ether oxygens (including phenoxy) is 4. The first kappa shape index (κ1) is 28.0. The molecule has 0 saturated carbocycles. The highest BCUT2D eigenvalue weighted by Crippen LogP contribution is 2.35. The largest absolute Gasteiger partial charge is 0.474 e. The van der Waals surface area contributed by atoms with Gasteiger partial charge in [0.2, 0.25) is 0 Å². The predicted molar refractivity (Wildman–Crippen MR) is 129 cm³/mol. The number of pyridine rings is 1. The molecule has 8 nitrogen and oxygen atoms in total. The lowest BCUT2D eigenvalue weighted by molar-refractivity contribution is -0.190. The first-order chi connectivity index (χ1) is 16.0. The van der Waals surface area contributed by atoms with Gasteiger partial charge in [-0.25, -0.2) is 0 Å². The molecule has 0 amide bonds. The molecule has 1 saturated heterocycles. The summed E-state index contributed by atoms with van der Waals surface area (Å²) in [4.78, 5) is 41.8. The van der Waals surface area contributed by atoms with Gasteiger partial charge in [-0.3, -0.25) is 19.4 Å². The summed E-state index contributed by atoms with van der Waals surface area (Å²) in [6, 6.07) is 3.48. The molecule has 190 valence electrons. The Bertz CT molecular complexity index is 800. The topological polar surface area (TPSA) is 101 Å². The molecule has 0 aromatic carbocycles. The molecule has 1 fully saturated rings. The lowest BCUT2D eigenvalue weighted by atomic mass is 10.1. The van der Waals surface area contributed by atoms with Crippen molar-refractivity contribution in [2.45, 2.75) is 84.6 Å². The molecular formula is C25H37NO7S. The maximum absolute atomic E-state index is 12.7. The summed E-state index contributed by atoms with van der Waals surface area (Å²) in [5.74, 6) is -0.156. The van der Waals surface area contributed by atoms with Gasteiger partial charge in [0, 0.05) is 31.2 Å². The van der Waals surface area contributed by atoms with Gasteiger partial charge in [-0.1, -0.05) is 41.5 Å². The first-order valence-electron chi connectivity index (χ1n) is 11.8. The zero-order valence-electron chi connectivity index (χ0n) is 20.9. The van der Waals surface area contributed by atoms with E-state index in [0.717, 1.165) is 0 Å². The molecule has 0 unspecified atom stereocenters. The fourth-order valence-electron chi connectivity index (χ4n) is 3.38. The third kappa shape index (κ3) is 9.52. The Kier molecular flexibility index (Phi) is 11.1. The van der Waals surface area contributed by atoms with E-state index in [1.807, 2.05) is 41.5 Å². The summed E-state index contributed by atoms with van der Waals surface area (Å²) in [6.45, 7) is 11.5. The Balaban J connectivity index is 2.32. The minimum absolute atomic E-state index is 0.0804. The van der Waals surface area contributed by atoms with Crippen molar-refractivity contribution < 1.29 is 33.3 Å². The van der Waals surface area contributed by atoms with Crippen molar-refractivity contribution in [2.75, 3.05) is 5.75 Å². The molecule has 4 atom stereocenters. The third-order valence-electron chi connectivity index (χ3n) is 4.81. The number of hydrogen-bond acceptors (Lipinski definition) is 9. The minimum Gasteiger partial charge on any atom is -0.474 e. The van der Waals surface area contributed by atoms with E-state index < -0.39 is 35.7 Å². The summed E-state index contributed by atoms with van der Waals surface area (Å²) in [7, 11) is 0. The van der Waals surface area contributed by atoms with Crippen LogP contribution in [0.15, 0.2) is 24.5 Å². The van der Waals surface area contributed by atoms with Crippen molar-refractivity contribution in [3.8, 4) is 5.75 Å². The van der Waals surface area contributed by atoms with E-state index in [-0.39, 0.29) is 43.0 Å². The van der Waals surface area contributed by atoms with Crippen LogP contribution in [0.2, 0.25) is 0 Å². The van der Waals surface area contributed by atoms with Gasteiger partial charge < -0.3 is 18.9 Å². The number of thioether (sulfide) groups is 1. The van der Waals surface area contributed by atoms with E-state index >= 15 is 0 Å². The van der Waals surface area contributed by atoms with Crippen LogP contribution in [0, 0.1) is 17.8 Å². The number of carbonyl (C=O) groups excluding carboxylic acids is 3. The van der Waals surface area contributed by atoms with Crippen LogP contribution < -0.4 is 4.74 Å². The molecule has 0 N–H and O–H groups in total. The van der Waals surface area contributed by atoms with E-state index in [4.69, 9.17) is 18.9 Å². The Hall–Kier alpha value is -2.29. The predicted octanol–water partition coefficient (Wildman–Crippen LogP) is 4.41. The molecule has 34 heavy (non-hydrogen) atoms. The van der Waals surface area contributed by atoms with E-state index in [1.54, 1.807) is 24.5 Å². The Morgan fingerprint density at radius 2 is 1.41 bits per heavy atom. The Morgan fingerprint density at radius 3 is 1.91 bits per heavy atom. The highest BCUT2D eigenvalue weighted by Gasteiger charge is 2.48. The van der Waals surface area contributed by atoms with Crippen LogP contribution in [0.25, 0.3) is 0 Å². The molecule has 1 aromatic rings. The maximum atomic E-state index is 12.7. The molecule has 2 heterocycles. The normalized spacial score (nSPS) is 22.5. The van der Waals surface area contributed by atoms with Gasteiger partial charge in [0.05, 0.1) is 6.20 Å². The number of aromatic nitrogens is 1. The smallest absolute Gasteiger partial charge is 0.306 e. The number of esters is 3. The fourth-order valence-corrected chi connectivity index (χ4v) is 4.60. The molecule has 1 aliphatic heterocycles. The number of rotatable bonds is 11. The molecule has 0 spiro atoms. The van der Waals surface area contributed by atoms with E-state index in [1.165, 1.54) is 11.8 Å². The van der Waals surface area contributed by atoms with Gasteiger partial charge in [0.25, 0.3) is 0 Å². The summed E-state index contributed by atoms with van der Waals surface area (Å²) in [5, 5.41) is 0. The molecule has 1 aromatic heterocycles. The second-order valence-corrected chi connectivity index (χ2v) is 10.9. The molecule has 2 rings (SSSR count). The molecule has 0 aliphatic carbocycles. The lowest BCUT2D eigenvalue weighted by Crippen LogP contribution is -2.56. The van der Waals surface area contributed by atoms with Crippen molar-refractivity contribution in [1.29, 1.82) is 0 Å². The van der Waals surface area contributed by atoms with Gasteiger partial charge in [-0.15, -0.1) is 11.8 Å². The summed E-state index contributed by atoms with van der Waals surface area (Å²) in [5.41, 5.74) is -0.669. The standard InChI is InChI=1S/C25H37NO7S/c1-15(2)10-20(27)31-19-14-34-25(30-18-8-7-9-26-13-18)24(33-22(29)12-17(5)6)23(19)32-21(28)11-16(3)4/h7-9,13,15-17,19,23-25H,10-12,14H2,1-6H3/t19-,23+,24-,25-/m1/s1. The van der Waals surface area contributed by atoms with Crippen LogP contribution in [0.5, 0.6) is 5.75 Å². The molecule has 0 bridgehead atoms. The summed E-state index contributed by atoms with van der Waals surface area (Å²) >= 11 is 1.34. The number of carbonyl (C=O) groups is 3. The van der Waals surface area contributed by atoms with Gasteiger partial charge in [-0.05, 0) is 29.9 Å². The number of hydrogen-bond donors (Lipinski definition) is 0. The Labute approximate surface area is 206 Å². The van der Waals surface area contributed by atoms with Crippen LogP contribution >= 0.6 is 11.8 Å². The van der Waals surface area contributed by atoms with Crippen LogP contribution in [0.1, 0.15) is 60.8 Å². The fraction of sp³-hybridized carbons (Fsp3) is 0.680. The van der Waals surface area contributed by atoms with Crippen LogP contribution in [0.4, 0.5) is 0 Å². The van der Waals surface area contributed by atoms with Gasteiger partial charge in [0.1, 0.15) is 5.75 Å².